The summed E-state index contributed by atoms with van der Waals surface area (Å²) in [6.07, 6.45) is 2.38. The zero-order valence-electron chi connectivity index (χ0n) is 11.1. The first kappa shape index (κ1) is 14.5. The quantitative estimate of drug-likeness (QED) is 0.837. The van der Waals surface area contributed by atoms with Crippen molar-refractivity contribution < 1.29 is 4.74 Å². The van der Waals surface area contributed by atoms with Crippen molar-refractivity contribution in [2.24, 2.45) is 0 Å². The number of ether oxygens (including phenoxy) is 1. The van der Waals surface area contributed by atoms with Crippen molar-refractivity contribution in [2.75, 3.05) is 14.2 Å². The lowest BCUT2D eigenvalue weighted by molar-refractivity contribution is 0.106. The van der Waals surface area contributed by atoms with E-state index in [0.717, 1.165) is 23.4 Å². The molecule has 1 aromatic carbocycles. The Morgan fingerprint density at radius 2 is 2.06 bits per heavy atom. The molecule has 1 aromatic rings. The van der Waals surface area contributed by atoms with E-state index in [1.807, 2.05) is 14.0 Å². The van der Waals surface area contributed by atoms with Crippen molar-refractivity contribution in [3.63, 3.8) is 0 Å². The fourth-order valence-corrected chi connectivity index (χ4v) is 2.01. The van der Waals surface area contributed by atoms with E-state index in [9.17, 15) is 0 Å². The van der Waals surface area contributed by atoms with Gasteiger partial charge in [0.2, 0.25) is 0 Å². The lowest BCUT2D eigenvalue weighted by atomic mass is 9.99. The van der Waals surface area contributed by atoms with Gasteiger partial charge in [-0.1, -0.05) is 23.7 Å². The monoisotopic (exact) mass is 255 g/mol. The van der Waals surface area contributed by atoms with E-state index in [1.165, 1.54) is 5.56 Å². The van der Waals surface area contributed by atoms with E-state index >= 15 is 0 Å². The number of halogens is 1. The highest BCUT2D eigenvalue weighted by Gasteiger charge is 2.12. The summed E-state index contributed by atoms with van der Waals surface area (Å²) in [5, 5.41) is 4.17. The first-order chi connectivity index (χ1) is 8.08. The highest BCUT2D eigenvalue weighted by molar-refractivity contribution is 6.31. The van der Waals surface area contributed by atoms with Crippen LogP contribution in [0.2, 0.25) is 5.02 Å². The smallest absolute Gasteiger partial charge is 0.0543 e. The summed E-state index contributed by atoms with van der Waals surface area (Å²) < 4.78 is 5.27. The molecule has 3 heteroatoms. The van der Waals surface area contributed by atoms with Gasteiger partial charge in [-0.15, -0.1) is 0 Å². The molecule has 1 rings (SSSR count). The lowest BCUT2D eigenvalue weighted by Crippen LogP contribution is -2.18. The molecule has 2 nitrogen and oxygen atoms in total. The number of aryl methyl sites for hydroxylation is 1. The number of nitrogens with one attached hydrogen (secondary N) is 1. The molecule has 0 fully saturated rings. The van der Waals surface area contributed by atoms with Crippen LogP contribution in [0.1, 0.15) is 36.9 Å². The first-order valence-electron chi connectivity index (χ1n) is 6.04. The molecule has 17 heavy (non-hydrogen) atoms. The number of hydrogen-bond donors (Lipinski definition) is 1. The number of methoxy groups -OCH3 is 1. The molecule has 96 valence electrons. The highest BCUT2D eigenvalue weighted by Crippen LogP contribution is 2.24. The van der Waals surface area contributed by atoms with Gasteiger partial charge in [-0.2, -0.15) is 0 Å². The van der Waals surface area contributed by atoms with Crippen molar-refractivity contribution in [1.29, 1.82) is 0 Å². The van der Waals surface area contributed by atoms with Gasteiger partial charge in [0.15, 0.2) is 0 Å². The van der Waals surface area contributed by atoms with Crippen molar-refractivity contribution >= 4 is 11.6 Å². The summed E-state index contributed by atoms with van der Waals surface area (Å²) in [4.78, 5) is 0. The molecule has 0 aliphatic heterocycles. The Hall–Kier alpha value is -0.570. The van der Waals surface area contributed by atoms with Crippen LogP contribution >= 0.6 is 11.6 Å². The van der Waals surface area contributed by atoms with E-state index in [-0.39, 0.29) is 0 Å². The predicted molar refractivity (Wildman–Crippen MR) is 73.7 cm³/mol. The van der Waals surface area contributed by atoms with E-state index in [2.05, 4.69) is 30.4 Å². The van der Waals surface area contributed by atoms with Gasteiger partial charge < -0.3 is 10.1 Å². The normalized spacial score (nSPS) is 14.6. The second-order valence-corrected chi connectivity index (χ2v) is 4.88. The Bertz CT molecular complexity index is 354. The van der Waals surface area contributed by atoms with E-state index < -0.39 is 0 Å². The van der Waals surface area contributed by atoms with Crippen molar-refractivity contribution in [3.05, 3.63) is 34.3 Å². The van der Waals surface area contributed by atoms with Crippen LogP contribution in [0.15, 0.2) is 18.2 Å². The summed E-state index contributed by atoms with van der Waals surface area (Å²) in [6, 6.07) is 6.60. The summed E-state index contributed by atoms with van der Waals surface area (Å²) in [5.41, 5.74) is 2.36. The minimum Gasteiger partial charge on any atom is -0.382 e. The summed E-state index contributed by atoms with van der Waals surface area (Å²) in [7, 11) is 3.73. The molecule has 0 bridgehead atoms. The van der Waals surface area contributed by atoms with Crippen LogP contribution in [-0.2, 0) is 4.74 Å². The maximum Gasteiger partial charge on any atom is 0.0543 e. The SMILES string of the molecule is CNC(CCC(C)OC)c1ccc(C)c(Cl)c1. The van der Waals surface area contributed by atoms with Crippen LogP contribution in [0.3, 0.4) is 0 Å². The molecule has 0 aliphatic carbocycles. The van der Waals surface area contributed by atoms with Gasteiger partial charge in [0.25, 0.3) is 0 Å². The molecule has 0 aromatic heterocycles. The van der Waals surface area contributed by atoms with Gasteiger partial charge in [-0.25, -0.2) is 0 Å². The second-order valence-electron chi connectivity index (χ2n) is 4.47. The molecule has 2 atom stereocenters. The van der Waals surface area contributed by atoms with Gasteiger partial charge >= 0.3 is 0 Å². The molecule has 0 saturated carbocycles. The minimum absolute atomic E-state index is 0.298. The van der Waals surface area contributed by atoms with E-state index in [4.69, 9.17) is 16.3 Å². The maximum atomic E-state index is 6.15. The third-order valence-corrected chi connectivity index (χ3v) is 3.62. The fourth-order valence-electron chi connectivity index (χ4n) is 1.82. The molecule has 0 heterocycles. The van der Waals surface area contributed by atoms with Gasteiger partial charge in [-0.3, -0.25) is 0 Å². The second kappa shape index (κ2) is 7.00. The molecular weight excluding hydrogens is 234 g/mol. The van der Waals surface area contributed by atoms with Gasteiger partial charge in [0.05, 0.1) is 6.10 Å². The zero-order valence-corrected chi connectivity index (χ0v) is 11.8. The Morgan fingerprint density at radius 1 is 1.35 bits per heavy atom. The minimum atomic E-state index is 0.298. The fraction of sp³-hybridized carbons (Fsp3) is 0.571. The zero-order chi connectivity index (χ0) is 12.8. The third-order valence-electron chi connectivity index (χ3n) is 3.21. The largest absolute Gasteiger partial charge is 0.382 e. The molecule has 0 radical (unpaired) electrons. The van der Waals surface area contributed by atoms with Crippen LogP contribution in [0.25, 0.3) is 0 Å². The van der Waals surface area contributed by atoms with E-state index in [0.29, 0.717) is 12.1 Å². The average molecular weight is 256 g/mol. The molecule has 2 unspecified atom stereocenters. The number of rotatable bonds is 6. The van der Waals surface area contributed by atoms with Crippen LogP contribution in [0.5, 0.6) is 0 Å². The van der Waals surface area contributed by atoms with Crippen LogP contribution in [-0.4, -0.2) is 20.3 Å². The van der Waals surface area contributed by atoms with Gasteiger partial charge in [0.1, 0.15) is 0 Å². The maximum absolute atomic E-state index is 6.15. The van der Waals surface area contributed by atoms with Crippen molar-refractivity contribution in [3.8, 4) is 0 Å². The van der Waals surface area contributed by atoms with Gasteiger partial charge in [-0.05, 0) is 50.9 Å². The standard InChI is InChI=1S/C14H22ClNO/c1-10-5-7-12(9-13(10)15)14(16-3)8-6-11(2)17-4/h5,7,9,11,14,16H,6,8H2,1-4H3. The molecule has 0 amide bonds. The number of benzene rings is 1. The van der Waals surface area contributed by atoms with Crippen molar-refractivity contribution in [2.45, 2.75) is 38.8 Å². The predicted octanol–water partition coefficient (Wildman–Crippen LogP) is 3.72. The molecule has 1 N–H and O–H groups in total. The summed E-state index contributed by atoms with van der Waals surface area (Å²) in [6.45, 7) is 4.11. The molecule has 0 saturated heterocycles. The topological polar surface area (TPSA) is 21.3 Å². The number of hydrogen-bond acceptors (Lipinski definition) is 2. The third kappa shape index (κ3) is 4.30. The molecule has 0 spiro atoms. The average Bonchev–Trinajstić information content (AvgIpc) is 2.33. The summed E-state index contributed by atoms with van der Waals surface area (Å²) in [5.74, 6) is 0. The Morgan fingerprint density at radius 3 is 2.59 bits per heavy atom. The first-order valence-corrected chi connectivity index (χ1v) is 6.42. The lowest BCUT2D eigenvalue weighted by Gasteiger charge is -2.19. The van der Waals surface area contributed by atoms with Crippen LogP contribution in [0, 0.1) is 6.92 Å². The highest BCUT2D eigenvalue weighted by atomic mass is 35.5. The van der Waals surface area contributed by atoms with E-state index in [1.54, 1.807) is 7.11 Å². The van der Waals surface area contributed by atoms with Crippen molar-refractivity contribution in [1.82, 2.24) is 5.32 Å². The molecule has 0 aliphatic rings. The van der Waals surface area contributed by atoms with Gasteiger partial charge in [0, 0.05) is 18.2 Å². The Balaban J connectivity index is 2.69. The molecular formula is C14H22ClNO. The Kier molecular flexibility index (Phi) is 5.96. The Labute approximate surface area is 109 Å². The van der Waals surface area contributed by atoms with Crippen LogP contribution in [0.4, 0.5) is 0 Å². The summed E-state index contributed by atoms with van der Waals surface area (Å²) >= 11 is 6.15. The van der Waals surface area contributed by atoms with Crippen LogP contribution < -0.4 is 5.32 Å².